The number of hydrogen-bond donors (Lipinski definition) is 0. The minimum Gasteiger partial charge on any atom is -0.618 e. The first-order valence-corrected chi connectivity index (χ1v) is 9.09. The molecule has 0 fully saturated rings. The van der Waals surface area contributed by atoms with Crippen molar-refractivity contribution in [2.24, 2.45) is 0 Å². The summed E-state index contributed by atoms with van der Waals surface area (Å²) in [6.45, 7) is 0. The van der Waals surface area contributed by atoms with E-state index in [1.165, 1.54) is 21.5 Å². The van der Waals surface area contributed by atoms with Crippen LogP contribution in [0.4, 0.5) is 0 Å². The third-order valence-electron chi connectivity index (χ3n) is 5.59. The lowest BCUT2D eigenvalue weighted by molar-refractivity contribution is -0.576. The molecular weight excluding hydrogens is 330 g/mol. The highest BCUT2D eigenvalue weighted by Crippen LogP contribution is 2.38. The van der Waals surface area contributed by atoms with Crippen LogP contribution < -0.4 is 4.73 Å². The predicted molar refractivity (Wildman–Crippen MR) is 113 cm³/mol. The van der Waals surface area contributed by atoms with Crippen LogP contribution in [0.2, 0.25) is 0 Å². The van der Waals surface area contributed by atoms with Gasteiger partial charge in [-0.3, -0.25) is 0 Å². The molecule has 27 heavy (non-hydrogen) atoms. The van der Waals surface area contributed by atoms with Gasteiger partial charge in [-0.2, -0.15) is 4.73 Å². The Morgan fingerprint density at radius 2 is 1.04 bits per heavy atom. The van der Waals surface area contributed by atoms with E-state index in [4.69, 9.17) is 0 Å². The highest BCUT2D eigenvalue weighted by Gasteiger charge is 2.15. The molecule has 1 heterocycles. The van der Waals surface area contributed by atoms with Gasteiger partial charge in [0.25, 0.3) is 0 Å². The molecule has 6 rings (SSSR count). The Labute approximate surface area is 155 Å². The van der Waals surface area contributed by atoms with E-state index in [0.717, 1.165) is 37.2 Å². The van der Waals surface area contributed by atoms with Crippen molar-refractivity contribution in [1.29, 1.82) is 0 Å². The van der Waals surface area contributed by atoms with Gasteiger partial charge in [-0.25, -0.2) is 0 Å². The highest BCUT2D eigenvalue weighted by atomic mass is 16.5. The van der Waals surface area contributed by atoms with E-state index < -0.39 is 0 Å². The summed E-state index contributed by atoms with van der Waals surface area (Å²) in [6.07, 6.45) is 1.59. The Morgan fingerprint density at radius 3 is 1.81 bits per heavy atom. The molecule has 0 amide bonds. The van der Waals surface area contributed by atoms with Gasteiger partial charge in [0.2, 0.25) is 5.52 Å². The van der Waals surface area contributed by atoms with Crippen molar-refractivity contribution >= 4 is 54.0 Å². The topological polar surface area (TPSA) is 26.9 Å². The van der Waals surface area contributed by atoms with Gasteiger partial charge in [0.1, 0.15) is 0 Å². The first-order valence-electron chi connectivity index (χ1n) is 9.09. The molecule has 2 nitrogen and oxygen atoms in total. The van der Waals surface area contributed by atoms with Gasteiger partial charge in [0.15, 0.2) is 6.20 Å². The zero-order valence-corrected chi connectivity index (χ0v) is 14.5. The third-order valence-corrected chi connectivity index (χ3v) is 5.59. The molecule has 126 valence electrons. The first kappa shape index (κ1) is 14.5. The van der Waals surface area contributed by atoms with Crippen molar-refractivity contribution in [3.05, 3.63) is 96.3 Å². The zero-order valence-electron chi connectivity index (χ0n) is 14.5. The lowest BCUT2D eigenvalue weighted by atomic mass is 9.92. The molecule has 0 saturated heterocycles. The van der Waals surface area contributed by atoms with E-state index in [1.807, 2.05) is 12.1 Å². The second-order valence-electron chi connectivity index (χ2n) is 7.05. The molecule has 2 heteroatoms. The molecule has 0 aliphatic rings. The molecule has 5 aromatic carbocycles. The number of aromatic nitrogens is 1. The summed E-state index contributed by atoms with van der Waals surface area (Å²) in [6, 6.07) is 29.4. The SMILES string of the molecule is [O-][n+]1cccc2ccc3ccc4ccc5ccc6ccccc6c5c4c3c21. The molecule has 1 aromatic heterocycles. The third kappa shape index (κ3) is 1.92. The number of nitrogens with zero attached hydrogens (tertiary/aromatic N) is 1. The fourth-order valence-electron chi connectivity index (χ4n) is 4.40. The van der Waals surface area contributed by atoms with Crippen LogP contribution >= 0.6 is 0 Å². The molecule has 0 N–H and O–H groups in total. The number of pyridine rings is 1. The first-order chi connectivity index (χ1) is 13.3. The second-order valence-corrected chi connectivity index (χ2v) is 7.05. The fraction of sp³-hybridized carbons (Fsp3) is 0. The van der Waals surface area contributed by atoms with E-state index in [-0.39, 0.29) is 0 Å². The summed E-state index contributed by atoms with van der Waals surface area (Å²) in [5.74, 6) is 0. The normalized spacial score (nSPS) is 11.9. The fourth-order valence-corrected chi connectivity index (χ4v) is 4.40. The predicted octanol–water partition coefficient (Wildman–Crippen LogP) is 6.09. The lowest BCUT2D eigenvalue weighted by Crippen LogP contribution is -2.26. The van der Waals surface area contributed by atoms with Crippen molar-refractivity contribution in [3.8, 4) is 0 Å². The van der Waals surface area contributed by atoms with Crippen molar-refractivity contribution in [2.45, 2.75) is 0 Å². The van der Waals surface area contributed by atoms with Crippen LogP contribution in [0.25, 0.3) is 54.0 Å². The molecule has 0 atom stereocenters. The Morgan fingerprint density at radius 1 is 0.481 bits per heavy atom. The van der Waals surface area contributed by atoms with Crippen LogP contribution in [0.15, 0.2) is 91.1 Å². The second kappa shape index (κ2) is 5.18. The maximum absolute atomic E-state index is 12.8. The van der Waals surface area contributed by atoms with E-state index in [9.17, 15) is 5.21 Å². The van der Waals surface area contributed by atoms with Gasteiger partial charge < -0.3 is 5.21 Å². The van der Waals surface area contributed by atoms with Gasteiger partial charge in [-0.1, -0.05) is 66.7 Å². The summed E-state index contributed by atoms with van der Waals surface area (Å²) in [5, 5.41) is 23.0. The Kier molecular flexibility index (Phi) is 2.78. The zero-order chi connectivity index (χ0) is 18.0. The molecule has 6 aromatic rings. The molecule has 0 aliphatic carbocycles. The summed E-state index contributed by atoms with van der Waals surface area (Å²) < 4.78 is 1.00. The number of hydrogen-bond acceptors (Lipinski definition) is 1. The van der Waals surface area contributed by atoms with Gasteiger partial charge in [-0.05, 0) is 44.5 Å². The maximum atomic E-state index is 12.8. The molecule has 0 unspecified atom stereocenters. The Bertz CT molecular complexity index is 1520. The average Bonchev–Trinajstić information content (AvgIpc) is 2.72. The van der Waals surface area contributed by atoms with Gasteiger partial charge >= 0.3 is 0 Å². The number of rotatable bonds is 0. The summed E-state index contributed by atoms with van der Waals surface area (Å²) >= 11 is 0. The quantitative estimate of drug-likeness (QED) is 0.186. The van der Waals surface area contributed by atoms with Crippen molar-refractivity contribution in [3.63, 3.8) is 0 Å². The molecule has 0 spiro atoms. The Hall–Kier alpha value is -3.65. The summed E-state index contributed by atoms with van der Waals surface area (Å²) in [5.41, 5.74) is 0.737. The Balaban J connectivity index is 2.04. The van der Waals surface area contributed by atoms with Crippen LogP contribution in [0.5, 0.6) is 0 Å². The number of fused-ring (bicyclic) bond motifs is 9. The summed E-state index contributed by atoms with van der Waals surface area (Å²) in [4.78, 5) is 0. The van der Waals surface area contributed by atoms with Crippen molar-refractivity contribution in [2.75, 3.05) is 0 Å². The maximum Gasteiger partial charge on any atom is 0.232 e. The molecular formula is C25H15NO. The standard InChI is InChI=1S/C25H15NO/c27-26-15-3-5-20-14-13-19-12-11-18-10-9-17-8-7-16-4-1-2-6-21(16)22(17)23(18)24(19)25(20)26/h1-15H. The van der Waals surface area contributed by atoms with Crippen molar-refractivity contribution < 1.29 is 4.73 Å². The van der Waals surface area contributed by atoms with E-state index in [2.05, 4.69) is 66.7 Å². The van der Waals surface area contributed by atoms with Crippen LogP contribution in [0.3, 0.4) is 0 Å². The molecule has 0 saturated carbocycles. The van der Waals surface area contributed by atoms with E-state index in [0.29, 0.717) is 0 Å². The van der Waals surface area contributed by atoms with E-state index >= 15 is 0 Å². The molecule has 0 radical (unpaired) electrons. The van der Waals surface area contributed by atoms with Gasteiger partial charge in [-0.15, -0.1) is 0 Å². The van der Waals surface area contributed by atoms with Crippen LogP contribution in [0, 0.1) is 5.21 Å². The monoisotopic (exact) mass is 345 g/mol. The van der Waals surface area contributed by atoms with Crippen LogP contribution in [-0.2, 0) is 0 Å². The average molecular weight is 345 g/mol. The largest absolute Gasteiger partial charge is 0.618 e. The van der Waals surface area contributed by atoms with Crippen molar-refractivity contribution in [1.82, 2.24) is 0 Å². The minimum absolute atomic E-state index is 0.737. The van der Waals surface area contributed by atoms with E-state index in [1.54, 1.807) is 12.3 Å². The minimum atomic E-state index is 0.737. The lowest BCUT2D eigenvalue weighted by Gasteiger charge is -2.12. The van der Waals surface area contributed by atoms with Gasteiger partial charge in [0.05, 0.1) is 5.39 Å². The number of benzene rings is 5. The van der Waals surface area contributed by atoms with Crippen LogP contribution in [-0.4, -0.2) is 0 Å². The smallest absolute Gasteiger partial charge is 0.232 e. The van der Waals surface area contributed by atoms with Gasteiger partial charge in [0, 0.05) is 16.8 Å². The summed E-state index contributed by atoms with van der Waals surface area (Å²) in [7, 11) is 0. The molecule has 0 aliphatic heterocycles. The van der Waals surface area contributed by atoms with Crippen LogP contribution in [0.1, 0.15) is 0 Å². The molecule has 0 bridgehead atoms. The highest BCUT2D eigenvalue weighted by molar-refractivity contribution is 6.31.